The number of aliphatic hydroxyl groups is 1. The zero-order chi connectivity index (χ0) is 26.3. The third-order valence-electron chi connectivity index (χ3n) is 7.47. The molecule has 5 rings (SSSR count). The first-order chi connectivity index (χ1) is 17.7. The van der Waals surface area contributed by atoms with Gasteiger partial charge in [-0.1, -0.05) is 18.2 Å². The molecule has 0 radical (unpaired) electrons. The molecule has 3 aromatic rings. The summed E-state index contributed by atoms with van der Waals surface area (Å²) >= 11 is 0. The van der Waals surface area contributed by atoms with E-state index in [1.807, 2.05) is 0 Å². The van der Waals surface area contributed by atoms with E-state index in [9.17, 15) is 22.7 Å². The summed E-state index contributed by atoms with van der Waals surface area (Å²) in [5, 5.41) is 13.2. The Labute approximate surface area is 212 Å². The van der Waals surface area contributed by atoms with Crippen LogP contribution >= 0.6 is 0 Å². The number of likely N-dealkylation sites (tertiary alicyclic amines) is 1. The van der Waals surface area contributed by atoms with Gasteiger partial charge in [-0.05, 0) is 43.5 Å². The molecule has 0 bridgehead atoms. The number of nitrogens with zero attached hydrogens (tertiary/aromatic N) is 2. The van der Waals surface area contributed by atoms with Gasteiger partial charge >= 0.3 is 0 Å². The van der Waals surface area contributed by atoms with Crippen LogP contribution in [0.4, 0.5) is 27.6 Å². The predicted molar refractivity (Wildman–Crippen MR) is 133 cm³/mol. The fraction of sp³-hybridized carbons (Fsp3) is 0.481. The van der Waals surface area contributed by atoms with Crippen molar-refractivity contribution in [3.8, 4) is 0 Å². The Kier molecular flexibility index (Phi) is 7.17. The Bertz CT molecular complexity index is 1260. The molecule has 2 aliphatic heterocycles. The molecule has 1 saturated heterocycles. The lowest BCUT2D eigenvalue weighted by molar-refractivity contribution is -0.0866. The van der Waals surface area contributed by atoms with Crippen LogP contribution in [-0.2, 0) is 6.42 Å². The monoisotopic (exact) mass is 522 g/mol. The van der Waals surface area contributed by atoms with Crippen molar-refractivity contribution in [3.05, 3.63) is 64.9 Å². The lowest BCUT2D eigenvalue weighted by Gasteiger charge is -2.42. The van der Waals surface area contributed by atoms with Gasteiger partial charge in [0.15, 0.2) is 0 Å². The molecule has 0 amide bonds. The number of para-hydroxylation sites is 1. The molecule has 2 atom stereocenters. The van der Waals surface area contributed by atoms with Gasteiger partial charge in [0.1, 0.15) is 18.2 Å². The molecule has 0 saturated carbocycles. The topological polar surface area (TPSA) is 54.5 Å². The van der Waals surface area contributed by atoms with E-state index in [4.69, 9.17) is 0 Å². The highest BCUT2D eigenvalue weighted by Crippen LogP contribution is 2.43. The average molecular weight is 523 g/mol. The van der Waals surface area contributed by atoms with Crippen molar-refractivity contribution in [2.24, 2.45) is 0 Å². The van der Waals surface area contributed by atoms with Crippen molar-refractivity contribution in [2.45, 2.75) is 43.8 Å². The summed E-state index contributed by atoms with van der Waals surface area (Å²) in [4.78, 5) is 6.65. The highest BCUT2D eigenvalue weighted by Gasteiger charge is 2.42. The smallest absolute Gasteiger partial charge is 0.283 e. The number of alkyl halides is 3. The first kappa shape index (κ1) is 25.9. The van der Waals surface area contributed by atoms with E-state index < -0.39 is 42.8 Å². The standard InChI is InChI=1S/C27H31F5N4O/c1-16-10-21-19-4-2-5-22(29)24(19)34-25(21)26(36(16)14-27(31,32)15-37)20-7-6-17(11-23(20)30)33-18-12-35(13-18)9-3-8-28/h2,4-7,11,16,18,26,33-34,37H,3,8-10,12-15H2,1H3/t16-,26-/m1/s1. The van der Waals surface area contributed by atoms with Crippen LogP contribution in [0.3, 0.4) is 0 Å². The van der Waals surface area contributed by atoms with E-state index in [1.54, 1.807) is 31.2 Å². The van der Waals surface area contributed by atoms with Gasteiger partial charge in [-0.15, -0.1) is 0 Å². The van der Waals surface area contributed by atoms with Crippen molar-refractivity contribution in [1.29, 1.82) is 0 Å². The molecule has 37 heavy (non-hydrogen) atoms. The van der Waals surface area contributed by atoms with E-state index in [0.717, 1.165) is 18.7 Å². The molecular weight excluding hydrogens is 491 g/mol. The quantitative estimate of drug-likeness (QED) is 0.351. The highest BCUT2D eigenvalue weighted by atomic mass is 19.3. The number of hydrogen-bond donors (Lipinski definition) is 3. The van der Waals surface area contributed by atoms with Gasteiger partial charge in [-0.25, -0.2) is 17.6 Å². The molecule has 200 valence electrons. The summed E-state index contributed by atoms with van der Waals surface area (Å²) in [6, 6.07) is 8.11. The van der Waals surface area contributed by atoms with Crippen LogP contribution in [0.25, 0.3) is 10.9 Å². The lowest BCUT2D eigenvalue weighted by atomic mass is 9.88. The SMILES string of the molecule is C[C@@H]1Cc2c([nH]c3c(F)cccc23)[C@@H](c2ccc(NC3CN(CCCF)C3)cc2F)N1CC(F)(F)CO. The van der Waals surface area contributed by atoms with Gasteiger partial charge in [0.25, 0.3) is 5.92 Å². The van der Waals surface area contributed by atoms with Gasteiger partial charge in [0, 0.05) is 48.0 Å². The second-order valence-electron chi connectivity index (χ2n) is 10.2. The van der Waals surface area contributed by atoms with Crippen molar-refractivity contribution >= 4 is 16.6 Å². The zero-order valence-electron chi connectivity index (χ0n) is 20.6. The third-order valence-corrected chi connectivity index (χ3v) is 7.47. The maximum Gasteiger partial charge on any atom is 0.283 e. The predicted octanol–water partition coefficient (Wildman–Crippen LogP) is 4.87. The summed E-state index contributed by atoms with van der Waals surface area (Å²) in [6.45, 7) is 1.47. The number of halogens is 5. The Hall–Kier alpha value is -2.69. The molecule has 10 heteroatoms. The molecule has 1 fully saturated rings. The molecule has 5 nitrogen and oxygen atoms in total. The minimum atomic E-state index is -3.39. The Morgan fingerprint density at radius 3 is 2.62 bits per heavy atom. The normalized spacial score (nSPS) is 21.3. The van der Waals surface area contributed by atoms with Crippen LogP contribution in [0.2, 0.25) is 0 Å². The average Bonchev–Trinajstić information content (AvgIpc) is 3.21. The minimum absolute atomic E-state index is 0.114. The number of anilines is 1. The maximum absolute atomic E-state index is 15.7. The molecule has 1 aromatic heterocycles. The number of fused-ring (bicyclic) bond motifs is 3. The Balaban J connectivity index is 1.48. The number of aromatic amines is 1. The van der Waals surface area contributed by atoms with E-state index in [2.05, 4.69) is 15.2 Å². The van der Waals surface area contributed by atoms with Gasteiger partial charge < -0.3 is 15.4 Å². The number of nitrogens with one attached hydrogen (secondary N) is 2. The molecule has 2 aromatic carbocycles. The molecule has 3 N–H and O–H groups in total. The number of aliphatic hydroxyl groups excluding tert-OH is 1. The molecule has 0 spiro atoms. The fourth-order valence-corrected chi connectivity index (χ4v) is 5.64. The van der Waals surface area contributed by atoms with E-state index in [0.29, 0.717) is 36.2 Å². The summed E-state index contributed by atoms with van der Waals surface area (Å²) in [7, 11) is 0. The van der Waals surface area contributed by atoms with Gasteiger partial charge in [0.05, 0.1) is 30.8 Å². The largest absolute Gasteiger partial charge is 0.390 e. The summed E-state index contributed by atoms with van der Waals surface area (Å²) in [6.07, 6.45) is 0.861. The number of aromatic nitrogens is 1. The maximum atomic E-state index is 15.7. The minimum Gasteiger partial charge on any atom is -0.390 e. The number of benzene rings is 2. The zero-order valence-corrected chi connectivity index (χ0v) is 20.6. The van der Waals surface area contributed by atoms with E-state index in [-0.39, 0.29) is 23.8 Å². The van der Waals surface area contributed by atoms with E-state index >= 15 is 4.39 Å². The van der Waals surface area contributed by atoms with Crippen molar-refractivity contribution in [1.82, 2.24) is 14.8 Å². The summed E-state index contributed by atoms with van der Waals surface area (Å²) < 4.78 is 71.5. The molecule has 0 unspecified atom stereocenters. The van der Waals surface area contributed by atoms with Gasteiger partial charge in [0.2, 0.25) is 0 Å². The molecule has 0 aliphatic carbocycles. The third kappa shape index (κ3) is 5.06. The van der Waals surface area contributed by atoms with Gasteiger partial charge in [-0.3, -0.25) is 14.2 Å². The highest BCUT2D eigenvalue weighted by molar-refractivity contribution is 5.86. The van der Waals surface area contributed by atoms with Crippen LogP contribution < -0.4 is 5.32 Å². The summed E-state index contributed by atoms with van der Waals surface area (Å²) in [5.74, 6) is -4.43. The Morgan fingerprint density at radius 1 is 1.14 bits per heavy atom. The van der Waals surface area contributed by atoms with Crippen molar-refractivity contribution in [2.75, 3.05) is 44.8 Å². The van der Waals surface area contributed by atoms with Crippen LogP contribution in [0.5, 0.6) is 0 Å². The first-order valence-corrected chi connectivity index (χ1v) is 12.6. The van der Waals surface area contributed by atoms with Crippen molar-refractivity contribution in [3.63, 3.8) is 0 Å². The number of rotatable bonds is 9. The van der Waals surface area contributed by atoms with Crippen LogP contribution in [0, 0.1) is 11.6 Å². The fourth-order valence-electron chi connectivity index (χ4n) is 5.64. The number of hydrogen-bond acceptors (Lipinski definition) is 4. The van der Waals surface area contributed by atoms with Crippen molar-refractivity contribution < 1.29 is 27.1 Å². The van der Waals surface area contributed by atoms with Crippen LogP contribution in [-0.4, -0.2) is 77.4 Å². The summed E-state index contributed by atoms with van der Waals surface area (Å²) in [5.41, 5.74) is 2.28. The Morgan fingerprint density at radius 2 is 1.92 bits per heavy atom. The van der Waals surface area contributed by atoms with Gasteiger partial charge in [-0.2, -0.15) is 0 Å². The molecule has 3 heterocycles. The molecule has 2 aliphatic rings. The second-order valence-corrected chi connectivity index (χ2v) is 10.2. The number of H-pyrrole nitrogens is 1. The van der Waals surface area contributed by atoms with E-state index in [1.165, 1.54) is 17.0 Å². The first-order valence-electron chi connectivity index (χ1n) is 12.6. The second kappa shape index (κ2) is 10.2. The lowest BCUT2D eigenvalue weighted by Crippen LogP contribution is -2.54. The van der Waals surface area contributed by atoms with Crippen LogP contribution in [0.15, 0.2) is 36.4 Å². The van der Waals surface area contributed by atoms with Crippen LogP contribution in [0.1, 0.15) is 36.2 Å². The molecular formula is C27H31F5N4O.